The van der Waals surface area contributed by atoms with Gasteiger partial charge in [-0.3, -0.25) is 9.59 Å². The number of rotatable bonds is 4. The molecule has 1 aliphatic rings. The van der Waals surface area contributed by atoms with E-state index in [9.17, 15) is 9.59 Å². The molecule has 2 atom stereocenters. The number of anilines is 1. The van der Waals surface area contributed by atoms with Gasteiger partial charge in [-0.1, -0.05) is 41.9 Å². The minimum atomic E-state index is -0.414. The highest BCUT2D eigenvalue weighted by atomic mass is 35.5. The fraction of sp³-hybridized carbons (Fsp3) is 0.250. The molecule has 0 saturated carbocycles. The number of carbonyl (C=O) groups is 2. The normalized spacial score (nSPS) is 17.7. The van der Waals surface area contributed by atoms with Crippen LogP contribution in [0.2, 0.25) is 5.02 Å². The lowest BCUT2D eigenvalue weighted by Gasteiger charge is -2.25. The van der Waals surface area contributed by atoms with E-state index in [0.717, 1.165) is 5.56 Å². The van der Waals surface area contributed by atoms with Crippen molar-refractivity contribution in [1.29, 1.82) is 5.26 Å². The van der Waals surface area contributed by atoms with Gasteiger partial charge in [-0.25, -0.2) is 0 Å². The van der Waals surface area contributed by atoms with Gasteiger partial charge in [0.2, 0.25) is 11.8 Å². The second-order valence-corrected chi connectivity index (χ2v) is 6.74. The Morgan fingerprint density at radius 2 is 2.04 bits per heavy atom. The molecule has 0 radical (unpaired) electrons. The van der Waals surface area contributed by atoms with Crippen molar-refractivity contribution in [3.05, 3.63) is 64.7 Å². The molecule has 132 valence electrons. The van der Waals surface area contributed by atoms with Crippen molar-refractivity contribution in [1.82, 2.24) is 4.90 Å². The van der Waals surface area contributed by atoms with Crippen LogP contribution < -0.4 is 5.32 Å². The van der Waals surface area contributed by atoms with Crippen LogP contribution in [0.3, 0.4) is 0 Å². The topological polar surface area (TPSA) is 73.2 Å². The smallest absolute Gasteiger partial charge is 0.229 e. The number of nitriles is 1. The van der Waals surface area contributed by atoms with Gasteiger partial charge in [-0.15, -0.1) is 0 Å². The summed E-state index contributed by atoms with van der Waals surface area (Å²) in [5.41, 5.74) is 1.91. The third-order valence-corrected chi connectivity index (χ3v) is 4.95. The van der Waals surface area contributed by atoms with Crippen LogP contribution in [0.5, 0.6) is 0 Å². The highest BCUT2D eigenvalue weighted by Crippen LogP contribution is 2.29. The summed E-state index contributed by atoms with van der Waals surface area (Å²) < 4.78 is 0. The molecule has 0 aromatic heterocycles. The van der Waals surface area contributed by atoms with Gasteiger partial charge in [0, 0.05) is 18.7 Å². The molecule has 0 bridgehead atoms. The average molecular weight is 368 g/mol. The lowest BCUT2D eigenvalue weighted by molar-refractivity contribution is -0.129. The zero-order valence-corrected chi connectivity index (χ0v) is 15.0. The molecule has 2 amide bonds. The summed E-state index contributed by atoms with van der Waals surface area (Å²) in [7, 11) is 0. The molecule has 6 heteroatoms. The molecule has 26 heavy (non-hydrogen) atoms. The number of carbonyl (C=O) groups excluding carboxylic acids is 2. The number of hydrogen-bond donors (Lipinski definition) is 1. The number of hydrogen-bond acceptors (Lipinski definition) is 3. The second kappa shape index (κ2) is 7.59. The molecule has 0 spiro atoms. The summed E-state index contributed by atoms with van der Waals surface area (Å²) in [6.45, 7) is 2.35. The maximum absolute atomic E-state index is 12.5. The lowest BCUT2D eigenvalue weighted by Crippen LogP contribution is -2.30. The van der Waals surface area contributed by atoms with E-state index in [-0.39, 0.29) is 29.3 Å². The first-order chi connectivity index (χ1) is 12.5. The number of nitrogens with zero attached hydrogens (tertiary/aromatic N) is 2. The van der Waals surface area contributed by atoms with Crippen molar-refractivity contribution in [3.8, 4) is 6.07 Å². The molecular weight excluding hydrogens is 350 g/mol. The molecule has 1 saturated heterocycles. The molecule has 1 aliphatic heterocycles. The monoisotopic (exact) mass is 367 g/mol. The van der Waals surface area contributed by atoms with Crippen molar-refractivity contribution in [2.75, 3.05) is 11.9 Å². The maximum Gasteiger partial charge on any atom is 0.229 e. The van der Waals surface area contributed by atoms with Crippen molar-refractivity contribution in [2.24, 2.45) is 5.92 Å². The second-order valence-electron chi connectivity index (χ2n) is 6.33. The third kappa shape index (κ3) is 3.71. The first-order valence-corrected chi connectivity index (χ1v) is 8.72. The van der Waals surface area contributed by atoms with Crippen molar-refractivity contribution in [2.45, 2.75) is 19.4 Å². The Morgan fingerprint density at radius 3 is 2.69 bits per heavy atom. The van der Waals surface area contributed by atoms with Crippen molar-refractivity contribution < 1.29 is 9.59 Å². The van der Waals surface area contributed by atoms with E-state index < -0.39 is 5.92 Å². The van der Waals surface area contributed by atoms with Crippen LogP contribution >= 0.6 is 11.6 Å². The van der Waals surface area contributed by atoms with Gasteiger partial charge in [-0.05, 0) is 30.7 Å². The summed E-state index contributed by atoms with van der Waals surface area (Å²) >= 11 is 5.99. The van der Waals surface area contributed by atoms with E-state index in [0.29, 0.717) is 17.8 Å². The van der Waals surface area contributed by atoms with E-state index in [1.54, 1.807) is 23.1 Å². The Labute approximate surface area is 157 Å². The number of halogens is 1. The van der Waals surface area contributed by atoms with Gasteiger partial charge in [0.25, 0.3) is 0 Å². The highest BCUT2D eigenvalue weighted by Gasteiger charge is 2.37. The van der Waals surface area contributed by atoms with Crippen LogP contribution in [0.15, 0.2) is 48.5 Å². The summed E-state index contributed by atoms with van der Waals surface area (Å²) in [4.78, 5) is 26.7. The quantitative estimate of drug-likeness (QED) is 0.894. The summed E-state index contributed by atoms with van der Waals surface area (Å²) in [6, 6.07) is 16.4. The summed E-state index contributed by atoms with van der Waals surface area (Å²) in [6.07, 6.45) is 0.188. The number of amides is 2. The van der Waals surface area contributed by atoms with E-state index in [1.807, 2.05) is 43.3 Å². The molecule has 3 rings (SSSR count). The fourth-order valence-corrected chi connectivity index (χ4v) is 3.34. The molecule has 1 N–H and O–H groups in total. The van der Waals surface area contributed by atoms with Gasteiger partial charge in [0.1, 0.15) is 6.07 Å². The Kier molecular flexibility index (Phi) is 5.24. The predicted octanol–water partition coefficient (Wildman–Crippen LogP) is 3.76. The number of benzene rings is 2. The van der Waals surface area contributed by atoms with Crippen LogP contribution in [0.1, 0.15) is 30.5 Å². The largest absolute Gasteiger partial charge is 0.335 e. The molecule has 2 aromatic rings. The van der Waals surface area contributed by atoms with Crippen molar-refractivity contribution >= 4 is 29.1 Å². The Bertz CT molecular complexity index is 876. The van der Waals surface area contributed by atoms with E-state index >= 15 is 0 Å². The predicted molar refractivity (Wildman–Crippen MR) is 99.5 cm³/mol. The molecule has 5 nitrogen and oxygen atoms in total. The van der Waals surface area contributed by atoms with Gasteiger partial charge < -0.3 is 10.2 Å². The van der Waals surface area contributed by atoms with E-state index in [1.165, 1.54) is 0 Å². The van der Waals surface area contributed by atoms with Gasteiger partial charge in [-0.2, -0.15) is 5.26 Å². The number of nitrogens with one attached hydrogen (secondary N) is 1. The SMILES string of the molecule is C[C@@H](c1ccccc1)N1C[C@H](C(=O)Nc2ccc(C#N)c(Cl)c2)CC1=O. The Hall–Kier alpha value is -2.84. The Morgan fingerprint density at radius 1 is 1.31 bits per heavy atom. The Balaban J connectivity index is 1.67. The van der Waals surface area contributed by atoms with Gasteiger partial charge >= 0.3 is 0 Å². The fourth-order valence-electron chi connectivity index (χ4n) is 3.12. The van der Waals surface area contributed by atoms with Gasteiger partial charge in [0.15, 0.2) is 0 Å². The maximum atomic E-state index is 12.5. The van der Waals surface area contributed by atoms with Crippen LogP contribution in [-0.4, -0.2) is 23.3 Å². The highest BCUT2D eigenvalue weighted by molar-refractivity contribution is 6.32. The molecule has 2 aromatic carbocycles. The molecular formula is C20H18ClN3O2. The summed E-state index contributed by atoms with van der Waals surface area (Å²) in [5, 5.41) is 12.0. The summed E-state index contributed by atoms with van der Waals surface area (Å²) in [5.74, 6) is -0.663. The first kappa shape index (κ1) is 18.0. The van der Waals surface area contributed by atoms with Crippen molar-refractivity contribution in [3.63, 3.8) is 0 Å². The third-order valence-electron chi connectivity index (χ3n) is 4.64. The van der Waals surface area contributed by atoms with E-state index in [4.69, 9.17) is 16.9 Å². The van der Waals surface area contributed by atoms with Crippen LogP contribution in [0, 0.1) is 17.2 Å². The molecule has 1 fully saturated rings. The average Bonchev–Trinajstić information content (AvgIpc) is 3.04. The van der Waals surface area contributed by atoms with E-state index in [2.05, 4.69) is 5.32 Å². The number of likely N-dealkylation sites (tertiary alicyclic amines) is 1. The lowest BCUT2D eigenvalue weighted by atomic mass is 10.1. The minimum absolute atomic E-state index is 0.0284. The zero-order valence-electron chi connectivity index (χ0n) is 14.3. The minimum Gasteiger partial charge on any atom is -0.335 e. The molecule has 0 aliphatic carbocycles. The standard InChI is InChI=1S/C20H18ClN3O2/c1-13(14-5-3-2-4-6-14)24-12-16(9-19(24)25)20(26)23-17-8-7-15(11-22)18(21)10-17/h2-8,10,13,16H,9,12H2,1H3,(H,23,26)/t13-,16+/m0/s1. The molecule has 1 heterocycles. The zero-order chi connectivity index (χ0) is 18.7. The first-order valence-electron chi connectivity index (χ1n) is 8.34. The van der Waals surface area contributed by atoms with Crippen LogP contribution in [0.25, 0.3) is 0 Å². The van der Waals surface area contributed by atoms with Crippen LogP contribution in [0.4, 0.5) is 5.69 Å². The van der Waals surface area contributed by atoms with Crippen LogP contribution in [-0.2, 0) is 9.59 Å². The van der Waals surface area contributed by atoms with Gasteiger partial charge in [0.05, 0.1) is 22.5 Å². The molecule has 0 unspecified atom stereocenters.